The average molecular weight is 915 g/mol. The van der Waals surface area contributed by atoms with Gasteiger partial charge in [0.15, 0.2) is 0 Å². The van der Waals surface area contributed by atoms with Gasteiger partial charge in [0.1, 0.15) is 0 Å². The van der Waals surface area contributed by atoms with Crippen molar-refractivity contribution in [2.24, 2.45) is 35.5 Å². The molecule has 0 unspecified atom stereocenters. The number of fused-ring (bicyclic) bond motifs is 2. The minimum absolute atomic E-state index is 0.00634. The molecule has 312 valence electrons. The van der Waals surface area contributed by atoms with Crippen molar-refractivity contribution in [2.75, 3.05) is 0 Å². The topological polar surface area (TPSA) is 80.9 Å². The minimum Gasteiger partial charge on any atom is -0.390 e. The summed E-state index contributed by atoms with van der Waals surface area (Å²) in [6.45, 7) is 8.33. The molecule has 0 bridgehead atoms. The summed E-state index contributed by atoms with van der Waals surface area (Å²) in [5, 5.41) is 47.7. The molecular formula is C52H66Br2O4. The molecule has 0 aliphatic heterocycles. The van der Waals surface area contributed by atoms with Gasteiger partial charge in [-0.25, -0.2) is 0 Å². The molecule has 0 spiro atoms. The number of hydrogen-bond donors (Lipinski definition) is 4. The average Bonchev–Trinajstić information content (AvgIpc) is 3.34. The summed E-state index contributed by atoms with van der Waals surface area (Å²) < 4.78 is 2.18. The van der Waals surface area contributed by atoms with Crippen LogP contribution >= 0.6 is 31.9 Å². The van der Waals surface area contributed by atoms with Crippen LogP contribution < -0.4 is 0 Å². The summed E-state index contributed by atoms with van der Waals surface area (Å²) in [4.78, 5) is 0. The zero-order valence-corrected chi connectivity index (χ0v) is 38.2. The van der Waals surface area contributed by atoms with Gasteiger partial charge in [-0.2, -0.15) is 0 Å². The van der Waals surface area contributed by atoms with Crippen LogP contribution in [0, 0.1) is 35.5 Å². The largest absolute Gasteiger partial charge is 0.390 e. The summed E-state index contributed by atoms with van der Waals surface area (Å²) in [5.74, 6) is 0.809. The fraction of sp³-hybridized carbons (Fsp3) is 0.538. The lowest BCUT2D eigenvalue weighted by Crippen LogP contribution is -2.55. The van der Waals surface area contributed by atoms with Crippen LogP contribution in [0.5, 0.6) is 0 Å². The Kier molecular flexibility index (Phi) is 13.5. The molecule has 12 atom stereocenters. The van der Waals surface area contributed by atoms with Crippen LogP contribution in [-0.2, 0) is 12.8 Å². The standard InChI is InChI=1S/2C26H33BrO2/c2*1-18-24(20-7-4-3-5-8-20)25(2,28)16-15-21-9-6-10-22(26(18,21)29)17-19-11-13-23(27)14-12-19/h2*3-5,7-8,11-14,18,21-22,24,28-29H,6,9-10,15-17H2,1-2H3/t2*18-,21-,22+,24-,25+,26+/m10/s1. The molecule has 4 saturated carbocycles. The normalized spacial score (nSPS) is 37.6. The second-order valence-electron chi connectivity index (χ2n) is 19.2. The van der Waals surface area contributed by atoms with Crippen molar-refractivity contribution in [3.63, 3.8) is 0 Å². The molecule has 4 aliphatic rings. The molecule has 6 heteroatoms. The predicted molar refractivity (Wildman–Crippen MR) is 244 cm³/mol. The van der Waals surface area contributed by atoms with E-state index in [-0.39, 0.29) is 47.3 Å². The lowest BCUT2D eigenvalue weighted by molar-refractivity contribution is -0.141. The number of halogens is 2. The molecule has 4 aromatic rings. The molecule has 4 nitrogen and oxygen atoms in total. The zero-order chi connectivity index (χ0) is 41.3. The van der Waals surface area contributed by atoms with Gasteiger partial charge in [0.25, 0.3) is 0 Å². The molecule has 4 aromatic carbocycles. The third-order valence-electron chi connectivity index (χ3n) is 15.7. The zero-order valence-electron chi connectivity index (χ0n) is 35.0. The smallest absolute Gasteiger partial charge is 0.0739 e. The maximum atomic E-state index is 12.4. The van der Waals surface area contributed by atoms with Gasteiger partial charge in [-0.1, -0.05) is 143 Å². The van der Waals surface area contributed by atoms with Crippen LogP contribution in [0.2, 0.25) is 0 Å². The first-order valence-electron chi connectivity index (χ1n) is 22.1. The second-order valence-corrected chi connectivity index (χ2v) is 21.1. The van der Waals surface area contributed by atoms with Gasteiger partial charge in [0.05, 0.1) is 22.4 Å². The number of rotatable bonds is 6. The predicted octanol–water partition coefficient (Wildman–Crippen LogP) is 12.2. The van der Waals surface area contributed by atoms with E-state index in [0.29, 0.717) is 0 Å². The Balaban J connectivity index is 0.000000177. The fourth-order valence-electron chi connectivity index (χ4n) is 12.9. The number of hydrogen-bond acceptors (Lipinski definition) is 4. The Morgan fingerprint density at radius 2 is 0.828 bits per heavy atom. The highest BCUT2D eigenvalue weighted by Crippen LogP contribution is 2.58. The van der Waals surface area contributed by atoms with Crippen molar-refractivity contribution in [3.05, 3.63) is 140 Å². The minimum atomic E-state index is -0.810. The van der Waals surface area contributed by atoms with Gasteiger partial charge < -0.3 is 20.4 Å². The maximum absolute atomic E-state index is 12.4. The molecule has 0 aromatic heterocycles. The number of aliphatic hydroxyl groups is 4. The maximum Gasteiger partial charge on any atom is 0.0739 e. The van der Waals surface area contributed by atoms with E-state index in [4.69, 9.17) is 0 Å². The first-order chi connectivity index (χ1) is 27.6. The van der Waals surface area contributed by atoms with Crippen LogP contribution in [-0.4, -0.2) is 42.8 Å². The lowest BCUT2D eigenvalue weighted by atomic mass is 9.58. The molecule has 4 fully saturated rings. The van der Waals surface area contributed by atoms with E-state index < -0.39 is 22.4 Å². The molecule has 0 amide bonds. The van der Waals surface area contributed by atoms with E-state index in [0.717, 1.165) is 84.3 Å². The van der Waals surface area contributed by atoms with Crippen molar-refractivity contribution < 1.29 is 20.4 Å². The van der Waals surface area contributed by atoms with Gasteiger partial charge in [-0.3, -0.25) is 0 Å². The van der Waals surface area contributed by atoms with E-state index in [1.54, 1.807) is 0 Å². The third kappa shape index (κ3) is 8.86. The van der Waals surface area contributed by atoms with Crippen LogP contribution in [0.3, 0.4) is 0 Å². The van der Waals surface area contributed by atoms with Crippen molar-refractivity contribution >= 4 is 31.9 Å². The molecular weight excluding hydrogens is 848 g/mol. The van der Waals surface area contributed by atoms with Gasteiger partial charge >= 0.3 is 0 Å². The summed E-state index contributed by atoms with van der Waals surface area (Å²) in [7, 11) is 0. The molecule has 4 N–H and O–H groups in total. The van der Waals surface area contributed by atoms with Crippen LogP contribution in [0.1, 0.15) is 126 Å². The molecule has 0 saturated heterocycles. The van der Waals surface area contributed by atoms with E-state index in [2.05, 4.69) is 119 Å². The third-order valence-corrected chi connectivity index (χ3v) is 16.8. The molecule has 58 heavy (non-hydrogen) atoms. The van der Waals surface area contributed by atoms with Crippen molar-refractivity contribution in [3.8, 4) is 0 Å². The van der Waals surface area contributed by atoms with Gasteiger partial charge in [-0.15, -0.1) is 0 Å². The van der Waals surface area contributed by atoms with Crippen molar-refractivity contribution in [2.45, 2.75) is 139 Å². The van der Waals surface area contributed by atoms with E-state index in [9.17, 15) is 20.4 Å². The fourth-order valence-corrected chi connectivity index (χ4v) is 13.4. The SMILES string of the molecule is C[C@@H]1[C@H](c2ccccc2)[C@@](C)(O)CC[C@H]2CCC[C@@H](Cc3ccc(Br)cc3)[C@@]21O.C[C@H]1[C@@H](c2ccccc2)[C@](C)(O)CC[C@@H]2CCC[C@H](Cc3ccc(Br)cc3)[C@]21O. The van der Waals surface area contributed by atoms with Crippen molar-refractivity contribution in [1.29, 1.82) is 0 Å². The number of benzene rings is 4. The van der Waals surface area contributed by atoms with E-state index >= 15 is 0 Å². The van der Waals surface area contributed by atoms with Gasteiger partial charge in [-0.05, 0) is 160 Å². The summed E-state index contributed by atoms with van der Waals surface area (Å²) in [5.41, 5.74) is 1.72. The Hall–Kier alpha value is -2.32. The molecule has 4 aliphatic carbocycles. The van der Waals surface area contributed by atoms with E-state index in [1.807, 2.05) is 50.2 Å². The highest BCUT2D eigenvalue weighted by molar-refractivity contribution is 9.10. The van der Waals surface area contributed by atoms with Crippen LogP contribution in [0.15, 0.2) is 118 Å². The summed E-state index contributed by atoms with van der Waals surface area (Å²) in [6, 6.07) is 37.7. The first-order valence-corrected chi connectivity index (χ1v) is 23.7. The van der Waals surface area contributed by atoms with Crippen LogP contribution in [0.25, 0.3) is 0 Å². The van der Waals surface area contributed by atoms with E-state index in [1.165, 1.54) is 24.0 Å². The van der Waals surface area contributed by atoms with Gasteiger partial charge in [0, 0.05) is 20.8 Å². The second kappa shape index (κ2) is 18.0. The Morgan fingerprint density at radius 1 is 0.483 bits per heavy atom. The van der Waals surface area contributed by atoms with Crippen molar-refractivity contribution in [1.82, 2.24) is 0 Å². The first kappa shape index (κ1) is 43.8. The Bertz CT molecular complexity index is 1770. The molecule has 8 rings (SSSR count). The monoisotopic (exact) mass is 912 g/mol. The highest BCUT2D eigenvalue weighted by Gasteiger charge is 2.58. The molecule has 0 radical (unpaired) electrons. The highest BCUT2D eigenvalue weighted by atomic mass is 79.9. The Labute approximate surface area is 365 Å². The van der Waals surface area contributed by atoms with Crippen LogP contribution in [0.4, 0.5) is 0 Å². The summed E-state index contributed by atoms with van der Waals surface area (Å²) in [6.07, 6.45) is 11.6. The Morgan fingerprint density at radius 3 is 1.17 bits per heavy atom. The lowest BCUT2D eigenvalue weighted by Gasteiger charge is -2.51. The molecule has 0 heterocycles. The quantitative estimate of drug-likeness (QED) is 0.155. The summed E-state index contributed by atoms with van der Waals surface area (Å²) >= 11 is 7.05. The van der Waals surface area contributed by atoms with Gasteiger partial charge in [0.2, 0.25) is 0 Å².